The first-order valence-corrected chi connectivity index (χ1v) is 9.64. The molecule has 0 unspecified atom stereocenters. The van der Waals surface area contributed by atoms with Crippen LogP contribution in [-0.2, 0) is 4.79 Å². The number of thiocarbonyl (C=S) groups is 1. The van der Waals surface area contributed by atoms with Crippen LogP contribution in [0.1, 0.15) is 15.9 Å². The van der Waals surface area contributed by atoms with E-state index in [1.54, 1.807) is 18.2 Å². The van der Waals surface area contributed by atoms with Crippen molar-refractivity contribution in [2.75, 3.05) is 23.9 Å². The summed E-state index contributed by atoms with van der Waals surface area (Å²) >= 11 is 6.55. The van der Waals surface area contributed by atoms with Crippen molar-refractivity contribution in [2.45, 2.75) is 0 Å². The molecule has 1 aliphatic rings. The molecule has 142 valence electrons. The largest absolute Gasteiger partial charge is 0.478 e. The first-order valence-electron chi connectivity index (χ1n) is 8.42. The number of nitrogens with zero attached hydrogens (tertiary/aromatic N) is 2. The van der Waals surface area contributed by atoms with Gasteiger partial charge in [-0.2, -0.15) is 0 Å². The van der Waals surface area contributed by atoms with Crippen LogP contribution in [0.2, 0.25) is 0 Å². The molecule has 1 amide bonds. The Balaban J connectivity index is 1.74. The van der Waals surface area contributed by atoms with Gasteiger partial charge in [0.05, 0.1) is 16.2 Å². The number of anilines is 2. The quantitative estimate of drug-likeness (QED) is 0.582. The molecule has 0 bridgehead atoms. The van der Waals surface area contributed by atoms with Crippen molar-refractivity contribution in [2.24, 2.45) is 0 Å². The minimum atomic E-state index is -1.01. The van der Waals surface area contributed by atoms with Crippen LogP contribution in [0.15, 0.2) is 65.6 Å². The lowest BCUT2D eigenvalue weighted by molar-refractivity contribution is -0.113. The van der Waals surface area contributed by atoms with Crippen LogP contribution in [0, 0.1) is 0 Å². The fourth-order valence-electron chi connectivity index (χ4n) is 2.59. The monoisotopic (exact) mass is 410 g/mol. The van der Waals surface area contributed by atoms with Crippen molar-refractivity contribution < 1.29 is 14.7 Å². The van der Waals surface area contributed by atoms with Crippen molar-refractivity contribution in [3.05, 3.63) is 76.7 Å². The van der Waals surface area contributed by atoms with Gasteiger partial charge < -0.3 is 10.0 Å². The Bertz CT molecular complexity index is 978. The molecule has 0 spiro atoms. The lowest BCUT2D eigenvalue weighted by Gasteiger charge is -2.14. The van der Waals surface area contributed by atoms with Crippen LogP contribution < -0.4 is 9.80 Å². The molecular formula is C21H18N2O3S2. The smallest absolute Gasteiger partial charge is 0.335 e. The first kappa shape index (κ1) is 19.9. The number of benzene rings is 2. The number of carboxylic acid groups (broad SMARTS) is 1. The van der Waals surface area contributed by atoms with Crippen LogP contribution in [0.25, 0.3) is 6.08 Å². The zero-order chi connectivity index (χ0) is 20.3. The third kappa shape index (κ3) is 4.32. The highest BCUT2D eigenvalue weighted by Gasteiger charge is 2.32. The summed E-state index contributed by atoms with van der Waals surface area (Å²) in [6.45, 7) is 0. The van der Waals surface area contributed by atoms with Gasteiger partial charge >= 0.3 is 5.97 Å². The summed E-state index contributed by atoms with van der Waals surface area (Å²) in [6, 6.07) is 14.1. The Morgan fingerprint density at radius 3 is 2.32 bits per heavy atom. The van der Waals surface area contributed by atoms with Crippen LogP contribution in [-0.4, -0.2) is 35.4 Å². The van der Waals surface area contributed by atoms with E-state index >= 15 is 0 Å². The fraction of sp³-hybridized carbons (Fsp3) is 0.0952. The molecule has 1 saturated heterocycles. The maximum Gasteiger partial charge on any atom is 0.335 e. The van der Waals surface area contributed by atoms with Crippen molar-refractivity contribution >= 4 is 57.6 Å². The fourth-order valence-corrected chi connectivity index (χ4v) is 3.84. The van der Waals surface area contributed by atoms with E-state index < -0.39 is 5.97 Å². The topological polar surface area (TPSA) is 60.9 Å². The van der Waals surface area contributed by atoms with Gasteiger partial charge in [-0.25, -0.2) is 4.79 Å². The minimum absolute atomic E-state index is 0.160. The Kier molecular flexibility index (Phi) is 5.96. The molecule has 0 atom stereocenters. The second kappa shape index (κ2) is 8.41. The Morgan fingerprint density at radius 2 is 1.75 bits per heavy atom. The summed E-state index contributed by atoms with van der Waals surface area (Å²) in [5.41, 5.74) is 2.86. The maximum absolute atomic E-state index is 12.7. The molecule has 2 aromatic rings. The second-order valence-electron chi connectivity index (χ2n) is 6.24. The van der Waals surface area contributed by atoms with E-state index in [1.165, 1.54) is 28.8 Å². The van der Waals surface area contributed by atoms with E-state index in [0.29, 0.717) is 14.9 Å². The summed E-state index contributed by atoms with van der Waals surface area (Å²) in [5.74, 6) is -1.23. The number of hydrogen-bond donors (Lipinski definition) is 1. The predicted octanol–water partition coefficient (Wildman–Crippen LogP) is 4.41. The molecule has 1 fully saturated rings. The third-order valence-corrected chi connectivity index (χ3v) is 5.43. The van der Waals surface area contributed by atoms with Gasteiger partial charge in [0.15, 0.2) is 4.32 Å². The number of allylic oxidation sites excluding steroid dienone is 2. The van der Waals surface area contributed by atoms with E-state index in [-0.39, 0.29) is 11.5 Å². The normalized spacial score (nSPS) is 15.6. The average molecular weight is 411 g/mol. The number of hydrogen-bond acceptors (Lipinski definition) is 5. The standard InChI is InChI=1S/C21H18N2O3S2/c1-22(2)16-10-6-14(7-11-16)4-3-5-18-19(24)23(21(27)28-18)17-12-8-15(9-13-17)20(25)26/h3-13H,1-2H3,(H,25,26)/b4-3+,18-5-. The Morgan fingerprint density at radius 1 is 1.11 bits per heavy atom. The van der Waals surface area contributed by atoms with E-state index in [9.17, 15) is 9.59 Å². The molecule has 1 heterocycles. The number of carbonyl (C=O) groups is 2. The van der Waals surface area contributed by atoms with Crippen molar-refractivity contribution in [1.82, 2.24) is 0 Å². The summed E-state index contributed by atoms with van der Waals surface area (Å²) in [7, 11) is 3.98. The molecule has 0 aromatic heterocycles. The van der Waals surface area contributed by atoms with Crippen LogP contribution in [0.3, 0.4) is 0 Å². The highest BCUT2D eigenvalue weighted by molar-refractivity contribution is 8.27. The van der Waals surface area contributed by atoms with Crippen LogP contribution in [0.4, 0.5) is 11.4 Å². The number of aromatic carboxylic acids is 1. The molecule has 0 saturated carbocycles. The molecular weight excluding hydrogens is 392 g/mol. The molecule has 7 heteroatoms. The predicted molar refractivity (Wildman–Crippen MR) is 119 cm³/mol. The van der Waals surface area contributed by atoms with E-state index in [2.05, 4.69) is 0 Å². The van der Waals surface area contributed by atoms with Crippen molar-refractivity contribution in [3.63, 3.8) is 0 Å². The number of thioether (sulfide) groups is 1. The number of rotatable bonds is 5. The van der Waals surface area contributed by atoms with E-state index in [4.69, 9.17) is 17.3 Å². The Hall–Kier alpha value is -2.90. The molecule has 3 rings (SSSR count). The summed E-state index contributed by atoms with van der Waals surface area (Å²) in [6.07, 6.45) is 5.49. The van der Waals surface area contributed by atoms with Gasteiger partial charge in [-0.1, -0.05) is 48.3 Å². The second-order valence-corrected chi connectivity index (χ2v) is 7.91. The molecule has 2 aromatic carbocycles. The molecule has 28 heavy (non-hydrogen) atoms. The zero-order valence-electron chi connectivity index (χ0n) is 15.3. The average Bonchev–Trinajstić information content (AvgIpc) is 2.95. The number of carbonyl (C=O) groups excluding carboxylic acids is 1. The minimum Gasteiger partial charge on any atom is -0.478 e. The maximum atomic E-state index is 12.7. The van der Waals surface area contributed by atoms with E-state index in [1.807, 2.05) is 55.4 Å². The van der Waals surface area contributed by atoms with Crippen molar-refractivity contribution in [3.8, 4) is 0 Å². The van der Waals surface area contributed by atoms with Gasteiger partial charge in [-0.3, -0.25) is 9.69 Å². The summed E-state index contributed by atoms with van der Waals surface area (Å²) in [5, 5.41) is 8.99. The summed E-state index contributed by atoms with van der Waals surface area (Å²) < 4.78 is 0.420. The Labute approximate surface area is 173 Å². The highest BCUT2D eigenvalue weighted by atomic mass is 32.2. The molecule has 1 aliphatic heterocycles. The summed E-state index contributed by atoms with van der Waals surface area (Å²) in [4.78, 5) is 27.6. The van der Waals surface area contributed by atoms with Crippen LogP contribution in [0.5, 0.6) is 0 Å². The van der Waals surface area contributed by atoms with E-state index in [0.717, 1.165) is 11.3 Å². The number of carboxylic acids is 1. The lowest BCUT2D eigenvalue weighted by Crippen LogP contribution is -2.27. The molecule has 0 radical (unpaired) electrons. The van der Waals surface area contributed by atoms with Gasteiger partial charge in [0.2, 0.25) is 0 Å². The van der Waals surface area contributed by atoms with Gasteiger partial charge in [0.1, 0.15) is 0 Å². The van der Waals surface area contributed by atoms with Crippen LogP contribution >= 0.6 is 24.0 Å². The third-order valence-electron chi connectivity index (χ3n) is 4.11. The zero-order valence-corrected chi connectivity index (χ0v) is 17.0. The van der Waals surface area contributed by atoms with Gasteiger partial charge in [-0.15, -0.1) is 0 Å². The van der Waals surface area contributed by atoms with Crippen molar-refractivity contribution in [1.29, 1.82) is 0 Å². The lowest BCUT2D eigenvalue weighted by atomic mass is 10.2. The SMILES string of the molecule is CN(C)c1ccc(/C=C/C=C2\SC(=S)N(c3ccc(C(=O)O)cc3)C2=O)cc1. The number of amides is 1. The molecule has 1 N–H and O–H groups in total. The highest BCUT2D eigenvalue weighted by Crippen LogP contribution is 2.35. The van der Waals surface area contributed by atoms with Gasteiger partial charge in [0.25, 0.3) is 5.91 Å². The molecule has 0 aliphatic carbocycles. The van der Waals surface area contributed by atoms with Gasteiger partial charge in [0, 0.05) is 19.8 Å². The molecule has 5 nitrogen and oxygen atoms in total. The first-order chi connectivity index (χ1) is 13.4. The van der Waals surface area contributed by atoms with Gasteiger partial charge in [-0.05, 0) is 48.0 Å².